The van der Waals surface area contributed by atoms with Gasteiger partial charge in [0.1, 0.15) is 5.75 Å². The standard InChI is InChI=1S/C21H26N2O3/c1-4-23(5-2)21(25)17-8-7-9-18(15-17)22-20(24)14-16-10-12-19(13-11-16)26-6-3/h7-13,15H,4-6,14H2,1-3H3,(H,22,24). The van der Waals surface area contributed by atoms with Crippen LogP contribution >= 0.6 is 0 Å². The maximum atomic E-state index is 12.4. The van der Waals surface area contributed by atoms with Crippen LogP contribution in [0.25, 0.3) is 0 Å². The van der Waals surface area contributed by atoms with Crippen molar-refractivity contribution in [3.05, 3.63) is 59.7 Å². The Morgan fingerprint density at radius 1 is 1.00 bits per heavy atom. The smallest absolute Gasteiger partial charge is 0.253 e. The van der Waals surface area contributed by atoms with Crippen LogP contribution in [-0.2, 0) is 11.2 Å². The Morgan fingerprint density at radius 3 is 2.31 bits per heavy atom. The lowest BCUT2D eigenvalue weighted by molar-refractivity contribution is -0.115. The van der Waals surface area contributed by atoms with Gasteiger partial charge in [-0.05, 0) is 56.7 Å². The highest BCUT2D eigenvalue weighted by molar-refractivity contribution is 5.97. The van der Waals surface area contributed by atoms with Gasteiger partial charge in [0.05, 0.1) is 13.0 Å². The number of benzene rings is 2. The molecule has 138 valence electrons. The molecule has 1 N–H and O–H groups in total. The number of carbonyl (C=O) groups is 2. The molecule has 0 bridgehead atoms. The Hall–Kier alpha value is -2.82. The molecule has 0 saturated carbocycles. The molecule has 0 fully saturated rings. The molecule has 0 heterocycles. The van der Waals surface area contributed by atoms with Crippen molar-refractivity contribution in [3.8, 4) is 5.75 Å². The minimum Gasteiger partial charge on any atom is -0.494 e. The van der Waals surface area contributed by atoms with Crippen LogP contribution in [0.5, 0.6) is 5.75 Å². The number of nitrogens with one attached hydrogen (secondary N) is 1. The van der Waals surface area contributed by atoms with Gasteiger partial charge in [0, 0.05) is 24.3 Å². The van der Waals surface area contributed by atoms with Crippen molar-refractivity contribution < 1.29 is 14.3 Å². The summed E-state index contributed by atoms with van der Waals surface area (Å²) in [6, 6.07) is 14.5. The van der Waals surface area contributed by atoms with Gasteiger partial charge in [0.2, 0.25) is 5.91 Å². The van der Waals surface area contributed by atoms with Crippen molar-refractivity contribution in [3.63, 3.8) is 0 Å². The third-order valence-corrected chi connectivity index (χ3v) is 4.04. The van der Waals surface area contributed by atoms with E-state index >= 15 is 0 Å². The number of carbonyl (C=O) groups excluding carboxylic acids is 2. The van der Waals surface area contributed by atoms with E-state index in [2.05, 4.69) is 5.32 Å². The number of nitrogens with zero attached hydrogens (tertiary/aromatic N) is 1. The fraction of sp³-hybridized carbons (Fsp3) is 0.333. The van der Waals surface area contributed by atoms with E-state index in [1.165, 1.54) is 0 Å². The molecule has 0 aliphatic carbocycles. The molecule has 2 aromatic rings. The number of ether oxygens (including phenoxy) is 1. The summed E-state index contributed by atoms with van der Waals surface area (Å²) in [5, 5.41) is 2.86. The molecule has 2 aromatic carbocycles. The number of hydrogen-bond donors (Lipinski definition) is 1. The summed E-state index contributed by atoms with van der Waals surface area (Å²) in [5.41, 5.74) is 2.10. The molecule has 0 aliphatic heterocycles. The molecular weight excluding hydrogens is 328 g/mol. The summed E-state index contributed by atoms with van der Waals surface area (Å²) in [7, 11) is 0. The van der Waals surface area contributed by atoms with Crippen LogP contribution in [0.1, 0.15) is 36.7 Å². The summed E-state index contributed by atoms with van der Waals surface area (Å²) in [4.78, 5) is 26.5. The van der Waals surface area contributed by atoms with E-state index in [-0.39, 0.29) is 18.2 Å². The predicted octanol–water partition coefficient (Wildman–Crippen LogP) is 3.75. The molecule has 0 aromatic heterocycles. The fourth-order valence-corrected chi connectivity index (χ4v) is 2.68. The number of hydrogen-bond acceptors (Lipinski definition) is 3. The molecule has 0 atom stereocenters. The van der Waals surface area contributed by atoms with E-state index in [0.29, 0.717) is 30.9 Å². The van der Waals surface area contributed by atoms with E-state index in [1.807, 2.05) is 45.0 Å². The molecule has 5 heteroatoms. The first-order valence-electron chi connectivity index (χ1n) is 8.98. The SMILES string of the molecule is CCOc1ccc(CC(=O)Nc2cccc(C(=O)N(CC)CC)c2)cc1. The van der Waals surface area contributed by atoms with Crippen LogP contribution in [0.4, 0.5) is 5.69 Å². The molecule has 0 spiro atoms. The van der Waals surface area contributed by atoms with Gasteiger partial charge in [-0.2, -0.15) is 0 Å². The van der Waals surface area contributed by atoms with Crippen molar-refractivity contribution in [2.24, 2.45) is 0 Å². The minimum absolute atomic E-state index is 0.0300. The number of rotatable bonds is 8. The van der Waals surface area contributed by atoms with Gasteiger partial charge in [-0.3, -0.25) is 9.59 Å². The van der Waals surface area contributed by atoms with Crippen LogP contribution in [0.3, 0.4) is 0 Å². The van der Waals surface area contributed by atoms with Crippen molar-refractivity contribution in [2.75, 3.05) is 25.0 Å². The number of amides is 2. The summed E-state index contributed by atoms with van der Waals surface area (Å²) in [6.45, 7) is 7.75. The van der Waals surface area contributed by atoms with Gasteiger partial charge >= 0.3 is 0 Å². The normalized spacial score (nSPS) is 10.3. The zero-order valence-corrected chi connectivity index (χ0v) is 15.6. The monoisotopic (exact) mass is 354 g/mol. The molecule has 0 radical (unpaired) electrons. The molecule has 5 nitrogen and oxygen atoms in total. The second-order valence-electron chi connectivity index (χ2n) is 5.86. The molecule has 2 amide bonds. The van der Waals surface area contributed by atoms with Crippen LogP contribution in [0, 0.1) is 0 Å². The second kappa shape index (κ2) is 9.61. The van der Waals surface area contributed by atoms with Crippen LogP contribution in [-0.4, -0.2) is 36.4 Å². The van der Waals surface area contributed by atoms with Crippen LogP contribution < -0.4 is 10.1 Å². The van der Waals surface area contributed by atoms with Gasteiger partial charge in [-0.25, -0.2) is 0 Å². The van der Waals surface area contributed by atoms with E-state index in [9.17, 15) is 9.59 Å². The molecule has 0 unspecified atom stereocenters. The highest BCUT2D eigenvalue weighted by Gasteiger charge is 2.13. The zero-order valence-electron chi connectivity index (χ0n) is 15.6. The highest BCUT2D eigenvalue weighted by Crippen LogP contribution is 2.15. The molecule has 2 rings (SSSR count). The van der Waals surface area contributed by atoms with Gasteiger partial charge in [0.15, 0.2) is 0 Å². The first-order valence-corrected chi connectivity index (χ1v) is 8.98. The van der Waals surface area contributed by atoms with Crippen molar-refractivity contribution >= 4 is 17.5 Å². The summed E-state index contributed by atoms with van der Waals surface area (Å²) in [6.07, 6.45) is 0.265. The van der Waals surface area contributed by atoms with Crippen molar-refractivity contribution in [1.82, 2.24) is 4.90 Å². The topological polar surface area (TPSA) is 58.6 Å². The van der Waals surface area contributed by atoms with Crippen molar-refractivity contribution in [2.45, 2.75) is 27.2 Å². The maximum Gasteiger partial charge on any atom is 0.253 e. The first-order chi connectivity index (χ1) is 12.6. The molecule has 26 heavy (non-hydrogen) atoms. The van der Waals surface area contributed by atoms with Crippen molar-refractivity contribution in [1.29, 1.82) is 0 Å². The van der Waals surface area contributed by atoms with Gasteiger partial charge in [-0.1, -0.05) is 18.2 Å². The Labute approximate surface area is 155 Å². The molecule has 0 aliphatic rings. The third kappa shape index (κ3) is 5.34. The Morgan fingerprint density at radius 2 is 1.69 bits per heavy atom. The Bertz CT molecular complexity index is 737. The largest absolute Gasteiger partial charge is 0.494 e. The quantitative estimate of drug-likeness (QED) is 0.785. The van der Waals surface area contributed by atoms with E-state index in [4.69, 9.17) is 4.74 Å². The van der Waals surface area contributed by atoms with Gasteiger partial charge in [-0.15, -0.1) is 0 Å². The summed E-state index contributed by atoms with van der Waals surface area (Å²) < 4.78 is 5.40. The molecule has 0 saturated heterocycles. The van der Waals surface area contributed by atoms with E-state index < -0.39 is 0 Å². The minimum atomic E-state index is -0.124. The summed E-state index contributed by atoms with van der Waals surface area (Å²) in [5.74, 6) is 0.637. The lowest BCUT2D eigenvalue weighted by Gasteiger charge is -2.19. The molecular formula is C21H26N2O3. The highest BCUT2D eigenvalue weighted by atomic mass is 16.5. The zero-order chi connectivity index (χ0) is 18.9. The first kappa shape index (κ1) is 19.5. The Balaban J connectivity index is 2.00. The van der Waals surface area contributed by atoms with Crippen LogP contribution in [0.2, 0.25) is 0 Å². The van der Waals surface area contributed by atoms with Gasteiger partial charge in [0.25, 0.3) is 5.91 Å². The summed E-state index contributed by atoms with van der Waals surface area (Å²) >= 11 is 0. The predicted molar refractivity (Wildman–Crippen MR) is 104 cm³/mol. The average molecular weight is 354 g/mol. The Kier molecular flexibility index (Phi) is 7.21. The van der Waals surface area contributed by atoms with Crippen LogP contribution in [0.15, 0.2) is 48.5 Å². The fourth-order valence-electron chi connectivity index (χ4n) is 2.68. The van der Waals surface area contributed by atoms with E-state index in [1.54, 1.807) is 29.2 Å². The lowest BCUT2D eigenvalue weighted by Crippen LogP contribution is -2.30. The third-order valence-electron chi connectivity index (χ3n) is 4.04. The number of anilines is 1. The second-order valence-corrected chi connectivity index (χ2v) is 5.86. The van der Waals surface area contributed by atoms with E-state index in [0.717, 1.165) is 11.3 Å². The maximum absolute atomic E-state index is 12.4. The average Bonchev–Trinajstić information content (AvgIpc) is 2.64. The van der Waals surface area contributed by atoms with Gasteiger partial charge < -0.3 is 15.0 Å². The lowest BCUT2D eigenvalue weighted by atomic mass is 10.1.